The Labute approximate surface area is 118 Å². The second-order valence-corrected chi connectivity index (χ2v) is 5.12. The van der Waals surface area contributed by atoms with Gasteiger partial charge in [0, 0.05) is 5.56 Å². The highest BCUT2D eigenvalue weighted by molar-refractivity contribution is 6.05. The predicted molar refractivity (Wildman–Crippen MR) is 68.2 cm³/mol. The van der Waals surface area contributed by atoms with Crippen molar-refractivity contribution in [1.82, 2.24) is 0 Å². The zero-order valence-corrected chi connectivity index (χ0v) is 11.0. The van der Waals surface area contributed by atoms with E-state index in [9.17, 15) is 22.4 Å². The molecule has 0 heterocycles. The Balaban J connectivity index is 2.11. The van der Waals surface area contributed by atoms with Gasteiger partial charge in [0.25, 0.3) is 0 Å². The summed E-state index contributed by atoms with van der Waals surface area (Å²) >= 11 is 0. The van der Waals surface area contributed by atoms with Crippen molar-refractivity contribution >= 4 is 5.78 Å². The first-order chi connectivity index (χ1) is 9.91. The number of ketones is 1. The van der Waals surface area contributed by atoms with E-state index in [0.29, 0.717) is 5.56 Å². The van der Waals surface area contributed by atoms with E-state index >= 15 is 0 Å². The van der Waals surface area contributed by atoms with E-state index in [1.54, 1.807) is 0 Å². The van der Waals surface area contributed by atoms with Crippen LogP contribution in [0.3, 0.4) is 0 Å². The minimum absolute atomic E-state index is 0.0325. The molecule has 1 aliphatic carbocycles. The molecule has 0 spiro atoms. The van der Waals surface area contributed by atoms with Gasteiger partial charge in [-0.15, -0.1) is 0 Å². The second kappa shape index (κ2) is 4.69. The Kier molecular flexibility index (Phi) is 3.08. The largest absolute Gasteiger partial charge is 0.293 e. The van der Waals surface area contributed by atoms with E-state index in [4.69, 9.17) is 0 Å². The van der Waals surface area contributed by atoms with Gasteiger partial charge >= 0.3 is 0 Å². The number of fused-ring (bicyclic) bond motifs is 1. The molecule has 5 heteroatoms. The van der Waals surface area contributed by atoms with Crippen LogP contribution in [0.5, 0.6) is 0 Å². The van der Waals surface area contributed by atoms with Crippen molar-refractivity contribution in [3.8, 4) is 0 Å². The van der Waals surface area contributed by atoms with E-state index < -0.39 is 35.0 Å². The summed E-state index contributed by atoms with van der Waals surface area (Å²) in [4.78, 5) is 12.2. The van der Waals surface area contributed by atoms with Gasteiger partial charge in [-0.25, -0.2) is 17.6 Å². The summed E-state index contributed by atoms with van der Waals surface area (Å²) in [6.45, 7) is 1.41. The molecule has 0 aliphatic heterocycles. The number of Topliss-reactive ketones (excluding diaryl/α,β-unsaturated/α-hetero) is 1. The lowest BCUT2D eigenvalue weighted by molar-refractivity contribution is 0.0966. The molecule has 0 bridgehead atoms. The van der Waals surface area contributed by atoms with Crippen LogP contribution in [0.25, 0.3) is 0 Å². The Bertz CT molecular complexity index is 767. The number of carbonyl (C=O) groups excluding carboxylic acids is 1. The van der Waals surface area contributed by atoms with Crippen molar-refractivity contribution in [2.45, 2.75) is 19.3 Å². The summed E-state index contributed by atoms with van der Waals surface area (Å²) in [7, 11) is 0. The Morgan fingerprint density at radius 1 is 0.952 bits per heavy atom. The van der Waals surface area contributed by atoms with Crippen molar-refractivity contribution in [3.05, 3.63) is 69.8 Å². The van der Waals surface area contributed by atoms with E-state index in [2.05, 4.69) is 0 Å². The maximum absolute atomic E-state index is 14.0. The number of aryl methyl sites for hydroxylation is 1. The lowest BCUT2D eigenvalue weighted by Crippen LogP contribution is -2.11. The van der Waals surface area contributed by atoms with E-state index in [-0.39, 0.29) is 23.1 Å². The third kappa shape index (κ3) is 1.95. The maximum atomic E-state index is 14.0. The first-order valence-electron chi connectivity index (χ1n) is 6.37. The zero-order valence-electron chi connectivity index (χ0n) is 11.0. The number of benzene rings is 2. The molecule has 0 amide bonds. The number of carbonyl (C=O) groups is 1. The van der Waals surface area contributed by atoms with Gasteiger partial charge in [-0.3, -0.25) is 4.79 Å². The average molecular weight is 294 g/mol. The lowest BCUT2D eigenvalue weighted by Gasteiger charge is -2.11. The number of rotatable bonds is 1. The molecule has 108 valence electrons. The maximum Gasteiger partial charge on any atom is 0.174 e. The lowest BCUT2D eigenvalue weighted by atomic mass is 9.93. The average Bonchev–Trinajstić information content (AvgIpc) is 2.78. The molecule has 0 saturated carbocycles. The summed E-state index contributed by atoms with van der Waals surface area (Å²) in [6, 6.07) is 4.90. The Morgan fingerprint density at radius 3 is 2.38 bits per heavy atom. The van der Waals surface area contributed by atoms with Crippen molar-refractivity contribution in [3.63, 3.8) is 0 Å². The van der Waals surface area contributed by atoms with Crippen LogP contribution in [0, 0.1) is 30.2 Å². The molecule has 0 fully saturated rings. The van der Waals surface area contributed by atoms with E-state index in [0.717, 1.165) is 6.07 Å². The summed E-state index contributed by atoms with van der Waals surface area (Å²) in [5.41, 5.74) is -0.0554. The second-order valence-electron chi connectivity index (χ2n) is 5.12. The molecule has 0 saturated heterocycles. The molecule has 2 aromatic rings. The predicted octanol–water partition coefficient (Wildman–Crippen LogP) is 4.07. The van der Waals surface area contributed by atoms with E-state index in [1.165, 1.54) is 25.1 Å². The minimum atomic E-state index is -1.23. The molecule has 3 rings (SSSR count). The third-order valence-corrected chi connectivity index (χ3v) is 3.85. The molecule has 1 atom stereocenters. The van der Waals surface area contributed by atoms with Gasteiger partial charge in [0.05, 0.1) is 11.5 Å². The highest BCUT2D eigenvalue weighted by Crippen LogP contribution is 2.37. The van der Waals surface area contributed by atoms with Crippen LogP contribution in [-0.4, -0.2) is 5.78 Å². The Morgan fingerprint density at radius 2 is 1.67 bits per heavy atom. The quantitative estimate of drug-likeness (QED) is 0.724. The summed E-state index contributed by atoms with van der Waals surface area (Å²) < 4.78 is 54.6. The molecular formula is C16H10F4O. The standard InChI is InChI=1S/C16H10F4O/c1-7-2-4-9(14(19)13(7)18)10-6-8-3-5-11(17)15(20)12(8)16(10)21/h2-5,10H,6H2,1H3. The first kappa shape index (κ1) is 13.8. The first-order valence-corrected chi connectivity index (χ1v) is 6.37. The van der Waals surface area contributed by atoms with Gasteiger partial charge in [-0.2, -0.15) is 0 Å². The highest BCUT2D eigenvalue weighted by Gasteiger charge is 2.37. The number of hydrogen-bond acceptors (Lipinski definition) is 1. The minimum Gasteiger partial charge on any atom is -0.293 e. The van der Waals surface area contributed by atoms with Crippen LogP contribution in [0.4, 0.5) is 17.6 Å². The van der Waals surface area contributed by atoms with Crippen LogP contribution in [0.2, 0.25) is 0 Å². The van der Waals surface area contributed by atoms with E-state index in [1.807, 2.05) is 0 Å². The SMILES string of the molecule is Cc1ccc(C2Cc3ccc(F)c(F)c3C2=O)c(F)c1F. The highest BCUT2D eigenvalue weighted by atomic mass is 19.2. The molecule has 1 nitrogen and oxygen atoms in total. The van der Waals surface area contributed by atoms with Crippen LogP contribution in [0.1, 0.15) is 33.0 Å². The fourth-order valence-corrected chi connectivity index (χ4v) is 2.70. The fraction of sp³-hybridized carbons (Fsp3) is 0.188. The molecular weight excluding hydrogens is 284 g/mol. The van der Waals surface area contributed by atoms with Crippen molar-refractivity contribution in [2.75, 3.05) is 0 Å². The van der Waals surface area contributed by atoms with Crippen molar-refractivity contribution < 1.29 is 22.4 Å². The molecule has 0 N–H and O–H groups in total. The molecule has 0 radical (unpaired) electrons. The fourth-order valence-electron chi connectivity index (χ4n) is 2.70. The number of halogens is 4. The van der Waals surface area contributed by atoms with Crippen LogP contribution < -0.4 is 0 Å². The van der Waals surface area contributed by atoms with Crippen LogP contribution >= 0.6 is 0 Å². The molecule has 2 aromatic carbocycles. The normalized spacial score (nSPS) is 17.2. The van der Waals surface area contributed by atoms with Gasteiger partial charge in [0.2, 0.25) is 0 Å². The van der Waals surface area contributed by atoms with Crippen LogP contribution in [-0.2, 0) is 6.42 Å². The summed E-state index contributed by atoms with van der Waals surface area (Å²) in [6.07, 6.45) is 0.0325. The van der Waals surface area contributed by atoms with Crippen molar-refractivity contribution in [1.29, 1.82) is 0 Å². The topological polar surface area (TPSA) is 17.1 Å². The molecule has 0 aromatic heterocycles. The van der Waals surface area contributed by atoms with Gasteiger partial charge in [-0.05, 0) is 30.5 Å². The van der Waals surface area contributed by atoms with Gasteiger partial charge in [0.1, 0.15) is 0 Å². The van der Waals surface area contributed by atoms with Crippen LogP contribution in [0.15, 0.2) is 24.3 Å². The molecule has 21 heavy (non-hydrogen) atoms. The zero-order chi connectivity index (χ0) is 15.3. The Hall–Kier alpha value is -2.17. The monoisotopic (exact) mass is 294 g/mol. The van der Waals surface area contributed by atoms with Crippen molar-refractivity contribution in [2.24, 2.45) is 0 Å². The summed E-state index contributed by atoms with van der Waals surface area (Å²) in [5.74, 6) is -6.23. The van der Waals surface area contributed by atoms with Gasteiger partial charge in [-0.1, -0.05) is 18.2 Å². The van der Waals surface area contributed by atoms with Gasteiger partial charge in [0.15, 0.2) is 29.1 Å². The molecule has 1 unspecified atom stereocenters. The number of hydrogen-bond donors (Lipinski definition) is 0. The summed E-state index contributed by atoms with van der Waals surface area (Å²) in [5, 5.41) is 0. The van der Waals surface area contributed by atoms with Gasteiger partial charge < -0.3 is 0 Å². The smallest absolute Gasteiger partial charge is 0.174 e. The third-order valence-electron chi connectivity index (χ3n) is 3.85. The molecule has 1 aliphatic rings.